The van der Waals surface area contributed by atoms with Gasteiger partial charge in [-0.1, -0.05) is 157 Å². The van der Waals surface area contributed by atoms with Crippen molar-refractivity contribution in [2.45, 2.75) is 40.9 Å². The molecule has 0 saturated heterocycles. The minimum Gasteiger partial charge on any atom is -0.380 e. The van der Waals surface area contributed by atoms with E-state index in [-0.39, 0.29) is 26.5 Å². The highest BCUT2D eigenvalue weighted by molar-refractivity contribution is 7.87. The SMILES string of the molecule is Cc1ccc(S(=O)(=O)OCC(OC(c2ccccc2)C(O)(COS(=O)(=O)c2ccc(C)cc2)c2ccccc2)(C(=O)c2ccccc2)c2ccccc2)cc1. The van der Waals surface area contributed by atoms with Crippen LogP contribution in [0.3, 0.4) is 0 Å². The van der Waals surface area contributed by atoms with Crippen LogP contribution in [0.4, 0.5) is 0 Å². The highest BCUT2D eigenvalue weighted by Gasteiger charge is 2.52. The predicted molar refractivity (Wildman–Crippen MR) is 208 cm³/mol. The summed E-state index contributed by atoms with van der Waals surface area (Å²) in [6.07, 6.45) is -1.58. The Labute approximate surface area is 322 Å². The molecule has 0 amide bonds. The highest BCUT2D eigenvalue weighted by atomic mass is 32.2. The maximum absolute atomic E-state index is 15.1. The number of aryl methyl sites for hydroxylation is 2. The van der Waals surface area contributed by atoms with Crippen molar-refractivity contribution in [2.75, 3.05) is 13.2 Å². The fourth-order valence-electron chi connectivity index (χ4n) is 6.15. The van der Waals surface area contributed by atoms with Crippen molar-refractivity contribution in [1.29, 1.82) is 0 Å². The van der Waals surface area contributed by atoms with Crippen LogP contribution in [0.2, 0.25) is 0 Å². The van der Waals surface area contributed by atoms with E-state index in [1.807, 2.05) is 13.8 Å². The largest absolute Gasteiger partial charge is 0.380 e. The van der Waals surface area contributed by atoms with Gasteiger partial charge >= 0.3 is 0 Å². The van der Waals surface area contributed by atoms with Crippen LogP contribution in [0.25, 0.3) is 0 Å². The van der Waals surface area contributed by atoms with Gasteiger partial charge in [-0.15, -0.1) is 0 Å². The minimum absolute atomic E-state index is 0.127. The first kappa shape index (κ1) is 39.4. The van der Waals surface area contributed by atoms with Crippen LogP contribution in [0.1, 0.15) is 44.3 Å². The maximum atomic E-state index is 15.1. The second-order valence-corrected chi connectivity index (χ2v) is 16.4. The summed E-state index contributed by atoms with van der Waals surface area (Å²) in [6, 6.07) is 45.2. The molecule has 0 heterocycles. The number of carbonyl (C=O) groups is 1. The third-order valence-corrected chi connectivity index (χ3v) is 11.8. The van der Waals surface area contributed by atoms with Crippen LogP contribution >= 0.6 is 0 Å². The number of ketones is 1. The van der Waals surface area contributed by atoms with Crippen LogP contribution in [-0.4, -0.2) is 40.9 Å². The Bertz CT molecular complexity index is 2410. The average Bonchev–Trinajstić information content (AvgIpc) is 3.21. The second kappa shape index (κ2) is 16.6. The van der Waals surface area contributed by atoms with E-state index in [0.717, 1.165) is 11.1 Å². The van der Waals surface area contributed by atoms with Gasteiger partial charge in [-0.05, 0) is 54.8 Å². The topological polar surface area (TPSA) is 133 Å². The van der Waals surface area contributed by atoms with Crippen molar-refractivity contribution in [3.8, 4) is 0 Å². The average molecular weight is 777 g/mol. The normalized spacial score (nSPS) is 14.7. The maximum Gasteiger partial charge on any atom is 0.297 e. The van der Waals surface area contributed by atoms with Gasteiger partial charge in [0.05, 0.1) is 9.79 Å². The molecule has 11 heteroatoms. The smallest absolute Gasteiger partial charge is 0.297 e. The first-order valence-corrected chi connectivity index (χ1v) is 20.2. The van der Waals surface area contributed by atoms with Crippen molar-refractivity contribution < 1.29 is 39.8 Å². The molecule has 3 atom stereocenters. The van der Waals surface area contributed by atoms with E-state index in [1.165, 1.54) is 24.3 Å². The molecule has 55 heavy (non-hydrogen) atoms. The van der Waals surface area contributed by atoms with Gasteiger partial charge in [0.15, 0.2) is 5.60 Å². The molecule has 6 aromatic rings. The molecule has 9 nitrogen and oxygen atoms in total. The molecular weight excluding hydrogens is 737 g/mol. The van der Waals surface area contributed by atoms with E-state index in [1.54, 1.807) is 146 Å². The van der Waals surface area contributed by atoms with E-state index >= 15 is 4.79 Å². The molecule has 6 rings (SSSR count). The lowest BCUT2D eigenvalue weighted by Crippen LogP contribution is -2.50. The molecule has 0 fully saturated rings. The third-order valence-electron chi connectivity index (χ3n) is 9.24. The number of rotatable bonds is 16. The molecule has 0 aliphatic heterocycles. The zero-order valence-corrected chi connectivity index (χ0v) is 31.8. The number of aliphatic hydroxyl groups is 1. The Morgan fingerprint density at radius 1 is 0.545 bits per heavy atom. The number of ether oxygens (including phenoxy) is 1. The van der Waals surface area contributed by atoms with Crippen molar-refractivity contribution in [3.63, 3.8) is 0 Å². The van der Waals surface area contributed by atoms with Gasteiger partial charge < -0.3 is 9.84 Å². The number of benzene rings is 6. The van der Waals surface area contributed by atoms with E-state index in [0.29, 0.717) is 5.56 Å². The minimum atomic E-state index is -4.48. The standard InChI is InChI=1S/C44H40O9S2/c1-33-23-27-39(28-24-33)54(47,48)51-31-43(46,37-19-11-5-12-20-37)42(36-17-9-4-10-18-36)53-44(38-21-13-6-14-22-38,41(45)35-15-7-3-8-16-35)32-52-55(49,50)40-29-25-34(2)26-30-40/h3-30,42,46H,31-32H2,1-2H3. The molecule has 1 N–H and O–H groups in total. The monoisotopic (exact) mass is 776 g/mol. The molecule has 0 aliphatic rings. The number of carbonyl (C=O) groups excluding carboxylic acids is 1. The Kier molecular flexibility index (Phi) is 11.9. The van der Waals surface area contributed by atoms with Gasteiger partial charge in [0, 0.05) is 5.56 Å². The van der Waals surface area contributed by atoms with Gasteiger partial charge in [0.1, 0.15) is 24.9 Å². The molecule has 0 spiro atoms. The van der Waals surface area contributed by atoms with Crippen LogP contribution < -0.4 is 0 Å². The predicted octanol–water partition coefficient (Wildman–Crippen LogP) is 7.84. The lowest BCUT2D eigenvalue weighted by atomic mass is 9.82. The lowest BCUT2D eigenvalue weighted by Gasteiger charge is -2.43. The fourth-order valence-corrected chi connectivity index (χ4v) is 8.01. The third kappa shape index (κ3) is 8.84. The Hall–Kier alpha value is -5.27. The van der Waals surface area contributed by atoms with Gasteiger partial charge in [-0.2, -0.15) is 16.8 Å². The second-order valence-electron chi connectivity index (χ2n) is 13.1. The van der Waals surface area contributed by atoms with Crippen LogP contribution in [0.15, 0.2) is 180 Å². The van der Waals surface area contributed by atoms with Gasteiger partial charge in [-0.3, -0.25) is 13.2 Å². The van der Waals surface area contributed by atoms with Gasteiger partial charge in [-0.25, -0.2) is 0 Å². The van der Waals surface area contributed by atoms with Crippen LogP contribution in [0, 0.1) is 13.8 Å². The Morgan fingerprint density at radius 2 is 0.945 bits per heavy atom. The Balaban J connectivity index is 1.55. The number of hydrogen-bond donors (Lipinski definition) is 1. The molecular formula is C44H40O9S2. The summed E-state index contributed by atoms with van der Waals surface area (Å²) in [5, 5.41) is 13.1. The van der Waals surface area contributed by atoms with Crippen LogP contribution in [0.5, 0.6) is 0 Å². The van der Waals surface area contributed by atoms with Crippen molar-refractivity contribution >= 4 is 26.0 Å². The molecule has 0 aliphatic carbocycles. The fraction of sp³-hybridized carbons (Fsp3) is 0.159. The van der Waals surface area contributed by atoms with Gasteiger partial charge in [0.25, 0.3) is 20.2 Å². The molecule has 0 radical (unpaired) electrons. The summed E-state index contributed by atoms with van der Waals surface area (Å²) in [6.45, 7) is 1.91. The van der Waals surface area contributed by atoms with Gasteiger partial charge in [0.2, 0.25) is 5.78 Å². The van der Waals surface area contributed by atoms with Crippen molar-refractivity contribution in [2.24, 2.45) is 0 Å². The molecule has 0 saturated carbocycles. The Morgan fingerprint density at radius 3 is 1.42 bits per heavy atom. The lowest BCUT2D eigenvalue weighted by molar-refractivity contribution is -0.189. The molecule has 3 unspecified atom stereocenters. The van der Waals surface area contributed by atoms with E-state index in [2.05, 4.69) is 0 Å². The van der Waals surface area contributed by atoms with Crippen LogP contribution in [-0.2, 0) is 44.5 Å². The quantitative estimate of drug-likeness (QED) is 0.0771. The molecule has 0 bridgehead atoms. The van der Waals surface area contributed by atoms with Crippen molar-refractivity contribution in [1.82, 2.24) is 0 Å². The van der Waals surface area contributed by atoms with E-state index in [9.17, 15) is 21.9 Å². The summed E-state index contributed by atoms with van der Waals surface area (Å²) >= 11 is 0. The highest BCUT2D eigenvalue weighted by Crippen LogP contribution is 2.45. The zero-order chi connectivity index (χ0) is 39.1. The summed E-state index contributed by atoms with van der Waals surface area (Å²) in [5.41, 5.74) is -2.02. The van der Waals surface area contributed by atoms with Crippen molar-refractivity contribution in [3.05, 3.63) is 203 Å². The first-order chi connectivity index (χ1) is 26.3. The zero-order valence-electron chi connectivity index (χ0n) is 30.2. The summed E-state index contributed by atoms with van der Waals surface area (Å²) in [5.74, 6) is -0.678. The summed E-state index contributed by atoms with van der Waals surface area (Å²) < 4.78 is 73.3. The van der Waals surface area contributed by atoms with E-state index < -0.39 is 56.5 Å². The molecule has 0 aromatic heterocycles. The van der Waals surface area contributed by atoms with E-state index in [4.69, 9.17) is 13.1 Å². The summed E-state index contributed by atoms with van der Waals surface area (Å²) in [4.78, 5) is 14.9. The number of hydrogen-bond acceptors (Lipinski definition) is 9. The summed E-state index contributed by atoms with van der Waals surface area (Å²) in [7, 11) is -8.92. The number of Topliss-reactive ketones (excluding diaryl/α,β-unsaturated/α-hetero) is 1. The molecule has 6 aromatic carbocycles. The molecule has 282 valence electrons. The first-order valence-electron chi connectivity index (χ1n) is 17.4.